The molecule has 0 aliphatic carbocycles. The van der Waals surface area contributed by atoms with E-state index in [1.165, 1.54) is 42.3 Å². The Morgan fingerprint density at radius 3 is 2.43 bits per heavy atom. The molecule has 0 aromatic heterocycles. The van der Waals surface area contributed by atoms with Crippen molar-refractivity contribution in [3.05, 3.63) is 69.5 Å². The molecule has 28 heavy (non-hydrogen) atoms. The number of benzene rings is 2. The Kier molecular flexibility index (Phi) is 6.35. The summed E-state index contributed by atoms with van der Waals surface area (Å²) in [6.45, 7) is 5.25. The van der Waals surface area contributed by atoms with Crippen molar-refractivity contribution in [2.45, 2.75) is 38.8 Å². The highest BCUT2D eigenvalue weighted by Gasteiger charge is 2.34. The number of aliphatic hydroxyl groups excluding tert-OH is 1. The topological polar surface area (TPSA) is 92.9 Å². The molecule has 0 radical (unpaired) electrons. The predicted octanol–water partition coefficient (Wildman–Crippen LogP) is 4.38. The Bertz CT molecular complexity index is 879. The second-order valence-corrected chi connectivity index (χ2v) is 7.25. The molecule has 0 aliphatic rings. The molecule has 0 saturated carbocycles. The summed E-state index contributed by atoms with van der Waals surface area (Å²) < 4.78 is 18.9. The van der Waals surface area contributed by atoms with Crippen LogP contribution < -0.4 is 4.90 Å². The molecule has 0 aliphatic heterocycles. The zero-order valence-electron chi connectivity index (χ0n) is 16.2. The Labute approximate surface area is 162 Å². The maximum absolute atomic E-state index is 14.1. The van der Waals surface area contributed by atoms with Crippen LogP contribution in [0.2, 0.25) is 0 Å². The standard InChI is InChI=1S/C20H23FN2O5/c1-20(2,3)22(19(25)28-4)16-10-7-11-17(23(26)27)14(16)12-18(24)13-8-5-6-9-15(13)21/h5-11,18,24H,12H2,1-4H3. The summed E-state index contributed by atoms with van der Waals surface area (Å²) in [5.74, 6) is -0.615. The van der Waals surface area contributed by atoms with Gasteiger partial charge in [0.25, 0.3) is 5.69 Å². The third kappa shape index (κ3) is 4.45. The highest BCUT2D eigenvalue weighted by molar-refractivity contribution is 5.91. The van der Waals surface area contributed by atoms with Crippen molar-refractivity contribution in [2.75, 3.05) is 12.0 Å². The first-order valence-corrected chi connectivity index (χ1v) is 8.65. The van der Waals surface area contributed by atoms with Gasteiger partial charge in [-0.3, -0.25) is 15.0 Å². The van der Waals surface area contributed by atoms with Crippen LogP contribution in [0.25, 0.3) is 0 Å². The largest absolute Gasteiger partial charge is 0.452 e. The molecule has 0 bridgehead atoms. The van der Waals surface area contributed by atoms with E-state index in [0.717, 1.165) is 0 Å². The van der Waals surface area contributed by atoms with Crippen molar-refractivity contribution < 1.29 is 24.0 Å². The number of hydrogen-bond acceptors (Lipinski definition) is 5. The Balaban J connectivity index is 2.62. The normalized spacial score (nSPS) is 12.4. The van der Waals surface area contributed by atoms with Crippen molar-refractivity contribution in [1.82, 2.24) is 0 Å². The molecule has 0 fully saturated rings. The van der Waals surface area contributed by atoms with Gasteiger partial charge in [0.15, 0.2) is 0 Å². The van der Waals surface area contributed by atoms with Crippen LogP contribution in [0.15, 0.2) is 42.5 Å². The number of nitro groups is 1. The molecule has 0 spiro atoms. The van der Waals surface area contributed by atoms with Crippen LogP contribution in [-0.2, 0) is 11.2 Å². The molecule has 2 aromatic carbocycles. The van der Waals surface area contributed by atoms with Gasteiger partial charge in [-0.05, 0) is 32.9 Å². The summed E-state index contributed by atoms with van der Waals surface area (Å²) in [5.41, 5.74) is -0.675. The van der Waals surface area contributed by atoms with Gasteiger partial charge in [-0.25, -0.2) is 9.18 Å². The van der Waals surface area contributed by atoms with Crippen LogP contribution in [0.1, 0.15) is 38.0 Å². The fraction of sp³-hybridized carbons (Fsp3) is 0.350. The molecule has 1 unspecified atom stereocenters. The molecular formula is C20H23FN2O5. The number of carbonyl (C=O) groups is 1. The van der Waals surface area contributed by atoms with E-state index in [1.54, 1.807) is 32.9 Å². The predicted molar refractivity (Wildman–Crippen MR) is 103 cm³/mol. The molecular weight excluding hydrogens is 367 g/mol. The maximum atomic E-state index is 14.1. The summed E-state index contributed by atoms with van der Waals surface area (Å²) in [6.07, 6.45) is -2.29. The number of aliphatic hydroxyl groups is 1. The highest BCUT2D eigenvalue weighted by atomic mass is 19.1. The summed E-state index contributed by atoms with van der Waals surface area (Å²) in [7, 11) is 1.21. The Hall–Kier alpha value is -3.00. The van der Waals surface area contributed by atoms with E-state index >= 15 is 0 Å². The smallest absolute Gasteiger partial charge is 0.414 e. The first-order valence-electron chi connectivity index (χ1n) is 8.65. The molecule has 2 aromatic rings. The van der Waals surface area contributed by atoms with E-state index in [9.17, 15) is 24.4 Å². The lowest BCUT2D eigenvalue weighted by Gasteiger charge is -2.35. The molecule has 2 rings (SSSR count). The number of amides is 1. The molecule has 1 amide bonds. The van der Waals surface area contributed by atoms with Crippen LogP contribution in [-0.4, -0.2) is 28.8 Å². The molecule has 1 N–H and O–H groups in total. The number of halogens is 1. The SMILES string of the molecule is COC(=O)N(c1cccc([N+](=O)[O-])c1CC(O)c1ccccc1F)C(C)(C)C. The minimum atomic E-state index is -1.33. The number of rotatable bonds is 5. The van der Waals surface area contributed by atoms with Crippen LogP contribution in [0, 0.1) is 15.9 Å². The van der Waals surface area contributed by atoms with Gasteiger partial charge in [0.1, 0.15) is 5.82 Å². The lowest BCUT2D eigenvalue weighted by atomic mass is 9.96. The number of ether oxygens (including phenoxy) is 1. The van der Waals surface area contributed by atoms with Gasteiger partial charge in [0.2, 0.25) is 0 Å². The van der Waals surface area contributed by atoms with Crippen LogP contribution in [0.5, 0.6) is 0 Å². The number of nitrogens with zero attached hydrogens (tertiary/aromatic N) is 2. The van der Waals surface area contributed by atoms with Crippen molar-refractivity contribution in [1.29, 1.82) is 0 Å². The maximum Gasteiger partial charge on any atom is 0.414 e. The van der Waals surface area contributed by atoms with Gasteiger partial charge >= 0.3 is 6.09 Å². The minimum Gasteiger partial charge on any atom is -0.452 e. The van der Waals surface area contributed by atoms with Gasteiger partial charge in [0.05, 0.1) is 29.4 Å². The summed E-state index contributed by atoms with van der Waals surface area (Å²) in [4.78, 5) is 24.7. The average molecular weight is 390 g/mol. The van der Waals surface area contributed by atoms with E-state index in [0.29, 0.717) is 0 Å². The fourth-order valence-corrected chi connectivity index (χ4v) is 3.03. The lowest BCUT2D eigenvalue weighted by molar-refractivity contribution is -0.385. The van der Waals surface area contributed by atoms with Crippen LogP contribution in [0.3, 0.4) is 0 Å². The third-order valence-electron chi connectivity index (χ3n) is 4.25. The molecule has 8 heteroatoms. The van der Waals surface area contributed by atoms with E-state index < -0.39 is 28.5 Å². The zero-order chi connectivity index (χ0) is 21.1. The summed E-state index contributed by atoms with van der Waals surface area (Å²) in [5, 5.41) is 22.2. The molecule has 7 nitrogen and oxygen atoms in total. The first-order chi connectivity index (χ1) is 13.1. The average Bonchev–Trinajstić information content (AvgIpc) is 2.61. The minimum absolute atomic E-state index is 0.0203. The van der Waals surface area contributed by atoms with Crippen LogP contribution in [0.4, 0.5) is 20.6 Å². The van der Waals surface area contributed by atoms with Gasteiger partial charge < -0.3 is 9.84 Å². The molecule has 0 heterocycles. The number of anilines is 1. The number of hydrogen-bond donors (Lipinski definition) is 1. The quantitative estimate of drug-likeness (QED) is 0.604. The summed E-state index contributed by atoms with van der Waals surface area (Å²) >= 11 is 0. The van der Waals surface area contributed by atoms with Gasteiger partial charge in [-0.2, -0.15) is 0 Å². The van der Waals surface area contributed by atoms with Crippen molar-refractivity contribution in [3.63, 3.8) is 0 Å². The molecule has 0 saturated heterocycles. The van der Waals surface area contributed by atoms with E-state index in [-0.39, 0.29) is 28.9 Å². The van der Waals surface area contributed by atoms with Gasteiger partial charge in [0, 0.05) is 23.6 Å². The number of methoxy groups -OCH3 is 1. The van der Waals surface area contributed by atoms with Crippen LogP contribution >= 0.6 is 0 Å². The van der Waals surface area contributed by atoms with E-state index in [4.69, 9.17) is 4.74 Å². The lowest BCUT2D eigenvalue weighted by Crippen LogP contribution is -2.46. The monoisotopic (exact) mass is 390 g/mol. The fourth-order valence-electron chi connectivity index (χ4n) is 3.03. The highest BCUT2D eigenvalue weighted by Crippen LogP contribution is 2.37. The Morgan fingerprint density at radius 1 is 1.25 bits per heavy atom. The third-order valence-corrected chi connectivity index (χ3v) is 4.25. The van der Waals surface area contributed by atoms with Crippen molar-refractivity contribution in [3.8, 4) is 0 Å². The second-order valence-electron chi connectivity index (χ2n) is 7.25. The Morgan fingerprint density at radius 2 is 1.89 bits per heavy atom. The van der Waals surface area contributed by atoms with E-state index in [1.807, 2.05) is 0 Å². The number of carbonyl (C=O) groups excluding carboxylic acids is 1. The molecule has 150 valence electrons. The molecule has 1 atom stereocenters. The number of nitro benzene ring substituents is 1. The second kappa shape index (κ2) is 8.35. The van der Waals surface area contributed by atoms with E-state index in [2.05, 4.69) is 0 Å². The first kappa shape index (κ1) is 21.3. The van der Waals surface area contributed by atoms with Gasteiger partial charge in [-0.1, -0.05) is 24.3 Å². The van der Waals surface area contributed by atoms with Gasteiger partial charge in [-0.15, -0.1) is 0 Å². The summed E-state index contributed by atoms with van der Waals surface area (Å²) in [6, 6.07) is 9.95. The van der Waals surface area contributed by atoms with Crippen molar-refractivity contribution >= 4 is 17.5 Å². The van der Waals surface area contributed by atoms with Crippen molar-refractivity contribution in [2.24, 2.45) is 0 Å². The zero-order valence-corrected chi connectivity index (χ0v) is 16.2.